The van der Waals surface area contributed by atoms with Crippen molar-refractivity contribution >= 4 is 34.5 Å². The van der Waals surface area contributed by atoms with Crippen molar-refractivity contribution < 1.29 is 18.3 Å². The molecule has 0 fully saturated rings. The van der Waals surface area contributed by atoms with E-state index in [0.29, 0.717) is 22.2 Å². The van der Waals surface area contributed by atoms with Crippen LogP contribution in [0, 0.1) is 18.6 Å². The summed E-state index contributed by atoms with van der Waals surface area (Å²) in [6.07, 6.45) is 0. The van der Waals surface area contributed by atoms with Crippen molar-refractivity contribution in [2.75, 3.05) is 12.4 Å². The predicted molar refractivity (Wildman–Crippen MR) is 98.2 cm³/mol. The van der Waals surface area contributed by atoms with Crippen LogP contribution in [-0.2, 0) is 0 Å². The fourth-order valence-corrected chi connectivity index (χ4v) is 3.56. The second-order valence-electron chi connectivity index (χ2n) is 5.33. The Morgan fingerprint density at radius 1 is 1.23 bits per heavy atom. The standard InChI is InChI=1S/C18H13ClF2N2O2S/c1-9-16(17(24)23-13-8-10(19)6-7-14(13)25-2)26-18(22-9)15-11(20)4-3-5-12(15)21/h3-8H,1-2H3,(H,23,24). The molecule has 0 unspecified atom stereocenters. The van der Waals surface area contributed by atoms with Gasteiger partial charge in [0.25, 0.3) is 5.91 Å². The van der Waals surface area contributed by atoms with Crippen molar-refractivity contribution in [3.63, 3.8) is 0 Å². The van der Waals surface area contributed by atoms with Crippen molar-refractivity contribution in [1.29, 1.82) is 0 Å². The number of aryl methyl sites for hydroxylation is 1. The predicted octanol–water partition coefficient (Wildman–Crippen LogP) is 5.31. The number of aromatic nitrogens is 1. The summed E-state index contributed by atoms with van der Waals surface area (Å²) in [5, 5.41) is 3.21. The van der Waals surface area contributed by atoms with Crippen molar-refractivity contribution in [2.24, 2.45) is 0 Å². The number of carbonyl (C=O) groups excluding carboxylic acids is 1. The molecular formula is C18H13ClF2N2O2S. The highest BCUT2D eigenvalue weighted by Crippen LogP contribution is 2.33. The number of thiazole rings is 1. The highest BCUT2D eigenvalue weighted by molar-refractivity contribution is 7.17. The Kier molecular flexibility index (Phi) is 5.20. The number of nitrogens with zero attached hydrogens (tertiary/aromatic N) is 1. The van der Waals surface area contributed by atoms with Gasteiger partial charge in [-0.3, -0.25) is 4.79 Å². The smallest absolute Gasteiger partial charge is 0.267 e. The van der Waals surface area contributed by atoms with Crippen LogP contribution in [0.1, 0.15) is 15.4 Å². The minimum atomic E-state index is -0.734. The number of halogens is 3. The highest BCUT2D eigenvalue weighted by atomic mass is 35.5. The normalized spacial score (nSPS) is 10.7. The number of ether oxygens (including phenoxy) is 1. The van der Waals surface area contributed by atoms with E-state index in [-0.39, 0.29) is 15.4 Å². The van der Waals surface area contributed by atoms with E-state index in [1.807, 2.05) is 0 Å². The third kappa shape index (κ3) is 3.54. The molecule has 1 N–H and O–H groups in total. The minimum absolute atomic E-state index is 0.0984. The number of nitrogens with one attached hydrogen (secondary N) is 1. The molecule has 8 heteroatoms. The van der Waals surface area contributed by atoms with Crippen LogP contribution in [0.3, 0.4) is 0 Å². The Bertz CT molecular complexity index is 971. The van der Waals surface area contributed by atoms with E-state index in [4.69, 9.17) is 16.3 Å². The first kappa shape index (κ1) is 18.3. The zero-order valence-corrected chi connectivity index (χ0v) is 15.3. The Morgan fingerprint density at radius 3 is 2.58 bits per heavy atom. The van der Waals surface area contributed by atoms with Crippen molar-refractivity contribution in [1.82, 2.24) is 4.98 Å². The molecule has 0 bridgehead atoms. The molecule has 1 amide bonds. The maximum absolute atomic E-state index is 14.0. The minimum Gasteiger partial charge on any atom is -0.495 e. The monoisotopic (exact) mass is 394 g/mol. The molecule has 1 aromatic heterocycles. The summed E-state index contributed by atoms with van der Waals surface area (Å²) in [4.78, 5) is 17.0. The molecule has 0 spiro atoms. The summed E-state index contributed by atoms with van der Waals surface area (Å²) >= 11 is 6.86. The number of amides is 1. The molecule has 1 heterocycles. The topological polar surface area (TPSA) is 51.2 Å². The van der Waals surface area contributed by atoms with Crippen LogP contribution in [0.5, 0.6) is 5.75 Å². The Labute approximate surface area is 157 Å². The zero-order chi connectivity index (χ0) is 18.8. The summed E-state index contributed by atoms with van der Waals surface area (Å²) in [5.74, 6) is -1.50. The second-order valence-corrected chi connectivity index (χ2v) is 6.76. The average molecular weight is 395 g/mol. The number of carbonyl (C=O) groups is 1. The fourth-order valence-electron chi connectivity index (χ4n) is 2.37. The van der Waals surface area contributed by atoms with Gasteiger partial charge in [0.1, 0.15) is 27.3 Å². The van der Waals surface area contributed by atoms with Crippen LogP contribution in [0.4, 0.5) is 14.5 Å². The second kappa shape index (κ2) is 7.39. The molecule has 0 aliphatic heterocycles. The first-order chi connectivity index (χ1) is 12.4. The van der Waals surface area contributed by atoms with Gasteiger partial charge in [0.2, 0.25) is 0 Å². The molecule has 0 saturated carbocycles. The molecule has 3 rings (SSSR count). The average Bonchev–Trinajstić information content (AvgIpc) is 2.96. The molecule has 0 radical (unpaired) electrons. The lowest BCUT2D eigenvalue weighted by Crippen LogP contribution is -2.12. The van der Waals surface area contributed by atoms with E-state index in [1.165, 1.54) is 13.2 Å². The highest BCUT2D eigenvalue weighted by Gasteiger charge is 2.21. The van der Waals surface area contributed by atoms with Crippen LogP contribution in [0.2, 0.25) is 5.02 Å². The van der Waals surface area contributed by atoms with Gasteiger partial charge in [-0.15, -0.1) is 11.3 Å². The van der Waals surface area contributed by atoms with Gasteiger partial charge in [0.05, 0.1) is 24.1 Å². The number of rotatable bonds is 4. The van der Waals surface area contributed by atoms with Gasteiger partial charge in [-0.25, -0.2) is 13.8 Å². The first-order valence-electron chi connectivity index (χ1n) is 7.47. The third-order valence-corrected chi connectivity index (χ3v) is 5.00. The number of methoxy groups -OCH3 is 1. The quantitative estimate of drug-likeness (QED) is 0.652. The van der Waals surface area contributed by atoms with E-state index in [2.05, 4.69) is 10.3 Å². The Balaban J connectivity index is 1.95. The van der Waals surface area contributed by atoms with E-state index >= 15 is 0 Å². The summed E-state index contributed by atoms with van der Waals surface area (Å²) in [6, 6.07) is 8.36. The maximum Gasteiger partial charge on any atom is 0.267 e. The Morgan fingerprint density at radius 2 is 1.92 bits per heavy atom. The Hall–Kier alpha value is -2.51. The number of benzene rings is 2. The molecule has 26 heavy (non-hydrogen) atoms. The van der Waals surface area contributed by atoms with Gasteiger partial charge in [-0.2, -0.15) is 0 Å². The molecule has 0 atom stereocenters. The van der Waals surface area contributed by atoms with E-state index in [1.54, 1.807) is 25.1 Å². The van der Waals surface area contributed by atoms with Gasteiger partial charge >= 0.3 is 0 Å². The lowest BCUT2D eigenvalue weighted by atomic mass is 10.2. The molecule has 0 aliphatic rings. The summed E-state index contributed by atoms with van der Waals surface area (Å²) in [7, 11) is 1.47. The van der Waals surface area contributed by atoms with Gasteiger partial charge in [-0.05, 0) is 37.3 Å². The number of hydrogen-bond acceptors (Lipinski definition) is 4. The van der Waals surface area contributed by atoms with Crippen molar-refractivity contribution in [2.45, 2.75) is 6.92 Å². The van der Waals surface area contributed by atoms with Crippen LogP contribution >= 0.6 is 22.9 Å². The van der Waals surface area contributed by atoms with Crippen LogP contribution in [-0.4, -0.2) is 18.0 Å². The van der Waals surface area contributed by atoms with E-state index in [0.717, 1.165) is 23.5 Å². The zero-order valence-electron chi connectivity index (χ0n) is 13.8. The lowest BCUT2D eigenvalue weighted by Gasteiger charge is -2.09. The molecule has 134 valence electrons. The SMILES string of the molecule is COc1ccc(Cl)cc1NC(=O)c1sc(-c2c(F)cccc2F)nc1C. The van der Waals surface area contributed by atoms with Gasteiger partial charge in [0.15, 0.2) is 0 Å². The van der Waals surface area contributed by atoms with Gasteiger partial charge < -0.3 is 10.1 Å². The van der Waals surface area contributed by atoms with Crippen LogP contribution < -0.4 is 10.1 Å². The van der Waals surface area contributed by atoms with Crippen molar-refractivity contribution in [3.8, 4) is 16.3 Å². The van der Waals surface area contributed by atoms with Gasteiger partial charge in [-0.1, -0.05) is 17.7 Å². The largest absolute Gasteiger partial charge is 0.495 e. The molecule has 0 saturated heterocycles. The molecule has 4 nitrogen and oxygen atoms in total. The first-order valence-corrected chi connectivity index (χ1v) is 8.67. The summed E-state index contributed by atoms with van der Waals surface area (Å²) < 4.78 is 33.1. The van der Waals surface area contributed by atoms with Crippen molar-refractivity contribution in [3.05, 3.63) is 63.6 Å². The van der Waals surface area contributed by atoms with Gasteiger partial charge in [0, 0.05) is 5.02 Å². The molecule has 3 aromatic rings. The maximum atomic E-state index is 14.0. The third-order valence-electron chi connectivity index (χ3n) is 3.59. The van der Waals surface area contributed by atoms with Crippen LogP contribution in [0.25, 0.3) is 10.6 Å². The number of hydrogen-bond donors (Lipinski definition) is 1. The van der Waals surface area contributed by atoms with E-state index in [9.17, 15) is 13.6 Å². The lowest BCUT2D eigenvalue weighted by molar-refractivity contribution is 0.102. The number of anilines is 1. The summed E-state index contributed by atoms with van der Waals surface area (Å²) in [6.45, 7) is 1.60. The fraction of sp³-hybridized carbons (Fsp3) is 0.111. The molecule has 2 aromatic carbocycles. The molecule has 0 aliphatic carbocycles. The summed E-state index contributed by atoms with van der Waals surface area (Å²) in [5.41, 5.74) is 0.502. The van der Waals surface area contributed by atoms with Crippen LogP contribution in [0.15, 0.2) is 36.4 Å². The van der Waals surface area contributed by atoms with E-state index < -0.39 is 17.5 Å². The molecular weight excluding hydrogens is 382 g/mol.